The van der Waals surface area contributed by atoms with Crippen LogP contribution in [0.4, 0.5) is 5.82 Å². The molecule has 1 aliphatic heterocycles. The van der Waals surface area contributed by atoms with Crippen molar-refractivity contribution in [3.8, 4) is 0 Å². The maximum atomic E-state index is 12.9. The smallest absolute Gasteiger partial charge is 0.244 e. The normalized spacial score (nSPS) is 17.1. The summed E-state index contributed by atoms with van der Waals surface area (Å²) < 4.78 is 3.80. The minimum absolute atomic E-state index is 0.0546. The van der Waals surface area contributed by atoms with E-state index in [4.69, 9.17) is 0 Å². The standard InChI is InChI=1S/C18H21N7O/c1-13-21-22-17-12-23(2)15(11-24(13)17)18(26)20-16-8-9-19-25(16)10-14-6-4-3-5-7-14/h3-9,15H,10-12H2,1-2H3,(H,20,26). The number of fused-ring (bicyclic) bond motifs is 1. The highest BCUT2D eigenvalue weighted by atomic mass is 16.2. The molecule has 4 rings (SSSR count). The van der Waals surface area contributed by atoms with E-state index in [0.717, 1.165) is 17.2 Å². The largest absolute Gasteiger partial charge is 0.312 e. The summed E-state index contributed by atoms with van der Waals surface area (Å²) in [6, 6.07) is 11.6. The van der Waals surface area contributed by atoms with Crippen LogP contribution in [0.5, 0.6) is 0 Å². The molecule has 0 spiro atoms. The molecule has 3 aromatic rings. The van der Waals surface area contributed by atoms with Crippen LogP contribution in [0, 0.1) is 6.92 Å². The van der Waals surface area contributed by atoms with Gasteiger partial charge in [0.2, 0.25) is 5.91 Å². The maximum Gasteiger partial charge on any atom is 0.244 e. The molecule has 1 aromatic carbocycles. The maximum absolute atomic E-state index is 12.9. The Balaban J connectivity index is 1.49. The van der Waals surface area contributed by atoms with Crippen molar-refractivity contribution in [3.05, 3.63) is 59.8 Å². The molecule has 26 heavy (non-hydrogen) atoms. The van der Waals surface area contributed by atoms with Gasteiger partial charge < -0.3 is 9.88 Å². The molecular weight excluding hydrogens is 330 g/mol. The number of nitrogens with zero attached hydrogens (tertiary/aromatic N) is 6. The van der Waals surface area contributed by atoms with E-state index in [1.54, 1.807) is 10.9 Å². The summed E-state index contributed by atoms with van der Waals surface area (Å²) in [5.41, 5.74) is 1.13. The summed E-state index contributed by atoms with van der Waals surface area (Å²) >= 11 is 0. The molecule has 1 aliphatic rings. The molecule has 8 heteroatoms. The van der Waals surface area contributed by atoms with Crippen LogP contribution in [0.25, 0.3) is 0 Å². The van der Waals surface area contributed by atoms with Crippen LogP contribution in [0.2, 0.25) is 0 Å². The van der Waals surface area contributed by atoms with Crippen molar-refractivity contribution in [1.29, 1.82) is 0 Å². The van der Waals surface area contributed by atoms with Gasteiger partial charge in [-0.15, -0.1) is 10.2 Å². The van der Waals surface area contributed by atoms with E-state index in [-0.39, 0.29) is 11.9 Å². The van der Waals surface area contributed by atoms with Gasteiger partial charge in [-0.05, 0) is 19.5 Å². The van der Waals surface area contributed by atoms with Gasteiger partial charge >= 0.3 is 0 Å². The van der Waals surface area contributed by atoms with E-state index >= 15 is 0 Å². The van der Waals surface area contributed by atoms with Gasteiger partial charge in [0.1, 0.15) is 23.5 Å². The summed E-state index contributed by atoms with van der Waals surface area (Å²) in [5, 5.41) is 15.6. The van der Waals surface area contributed by atoms with Gasteiger partial charge in [-0.3, -0.25) is 9.69 Å². The van der Waals surface area contributed by atoms with E-state index in [0.29, 0.717) is 25.5 Å². The summed E-state index contributed by atoms with van der Waals surface area (Å²) in [4.78, 5) is 14.9. The molecule has 0 radical (unpaired) electrons. The third kappa shape index (κ3) is 3.11. The lowest BCUT2D eigenvalue weighted by atomic mass is 10.2. The number of aryl methyl sites for hydroxylation is 1. The second kappa shape index (κ2) is 6.72. The molecule has 1 atom stereocenters. The Bertz CT molecular complexity index is 915. The van der Waals surface area contributed by atoms with Gasteiger partial charge in [-0.2, -0.15) is 5.10 Å². The van der Waals surface area contributed by atoms with Gasteiger partial charge in [0.05, 0.1) is 25.8 Å². The number of carbonyl (C=O) groups is 1. The van der Waals surface area contributed by atoms with Crippen LogP contribution in [-0.2, 0) is 24.4 Å². The molecule has 1 unspecified atom stereocenters. The Morgan fingerprint density at radius 1 is 1.23 bits per heavy atom. The second-order valence-corrected chi connectivity index (χ2v) is 6.55. The van der Waals surface area contributed by atoms with Crippen LogP contribution >= 0.6 is 0 Å². The Kier molecular flexibility index (Phi) is 4.26. The minimum Gasteiger partial charge on any atom is -0.312 e. The number of anilines is 1. The molecule has 1 amide bonds. The average Bonchev–Trinajstić information content (AvgIpc) is 3.22. The van der Waals surface area contributed by atoms with E-state index in [2.05, 4.69) is 20.6 Å². The van der Waals surface area contributed by atoms with Crippen LogP contribution in [0.3, 0.4) is 0 Å². The molecule has 0 saturated carbocycles. The summed E-state index contributed by atoms with van der Waals surface area (Å²) in [7, 11) is 1.93. The van der Waals surface area contributed by atoms with Crippen molar-refractivity contribution in [2.24, 2.45) is 0 Å². The molecule has 134 valence electrons. The van der Waals surface area contributed by atoms with Crippen LogP contribution < -0.4 is 5.32 Å². The number of hydrogen-bond donors (Lipinski definition) is 1. The lowest BCUT2D eigenvalue weighted by Gasteiger charge is -2.32. The highest BCUT2D eigenvalue weighted by molar-refractivity contribution is 5.94. The first-order chi connectivity index (χ1) is 12.6. The van der Waals surface area contributed by atoms with Crippen molar-refractivity contribution in [2.45, 2.75) is 32.6 Å². The van der Waals surface area contributed by atoms with Crippen molar-refractivity contribution in [3.63, 3.8) is 0 Å². The first-order valence-electron chi connectivity index (χ1n) is 8.57. The minimum atomic E-state index is -0.280. The highest BCUT2D eigenvalue weighted by Crippen LogP contribution is 2.18. The number of hydrogen-bond acceptors (Lipinski definition) is 5. The number of carbonyl (C=O) groups excluding carboxylic acids is 1. The van der Waals surface area contributed by atoms with Crippen molar-refractivity contribution in [1.82, 2.24) is 29.4 Å². The zero-order chi connectivity index (χ0) is 18.1. The second-order valence-electron chi connectivity index (χ2n) is 6.55. The van der Waals surface area contributed by atoms with Crippen molar-refractivity contribution in [2.75, 3.05) is 12.4 Å². The number of benzene rings is 1. The number of amides is 1. The van der Waals surface area contributed by atoms with E-state index in [1.807, 2.05) is 59.8 Å². The van der Waals surface area contributed by atoms with Crippen LogP contribution in [-0.4, -0.2) is 48.4 Å². The fourth-order valence-electron chi connectivity index (χ4n) is 3.24. The lowest BCUT2D eigenvalue weighted by molar-refractivity contribution is -0.122. The zero-order valence-corrected chi connectivity index (χ0v) is 14.8. The summed E-state index contributed by atoms with van der Waals surface area (Å²) in [6.07, 6.45) is 1.70. The van der Waals surface area contributed by atoms with E-state index in [9.17, 15) is 4.79 Å². The Morgan fingerprint density at radius 3 is 2.85 bits per heavy atom. The third-order valence-electron chi connectivity index (χ3n) is 4.74. The highest BCUT2D eigenvalue weighted by Gasteiger charge is 2.31. The molecule has 2 aromatic heterocycles. The van der Waals surface area contributed by atoms with E-state index < -0.39 is 0 Å². The Hall–Kier alpha value is -3.00. The molecule has 1 N–H and O–H groups in total. The molecule has 8 nitrogen and oxygen atoms in total. The van der Waals surface area contributed by atoms with Gasteiger partial charge in [0, 0.05) is 6.07 Å². The zero-order valence-electron chi connectivity index (χ0n) is 14.8. The number of likely N-dealkylation sites (N-methyl/N-ethyl adjacent to an activating group) is 1. The predicted octanol–water partition coefficient (Wildman–Crippen LogP) is 1.28. The number of rotatable bonds is 4. The van der Waals surface area contributed by atoms with Gasteiger partial charge in [-0.25, -0.2) is 4.68 Å². The van der Waals surface area contributed by atoms with E-state index in [1.165, 1.54) is 0 Å². The SMILES string of the molecule is Cc1nnc2n1CC(C(=O)Nc1ccnn1Cc1ccccc1)N(C)C2. The van der Waals surface area contributed by atoms with Gasteiger partial charge in [0.25, 0.3) is 0 Å². The number of nitrogens with one attached hydrogen (secondary N) is 1. The summed E-state index contributed by atoms with van der Waals surface area (Å²) in [5.74, 6) is 2.36. The Labute approximate surface area is 151 Å². The average molecular weight is 351 g/mol. The molecule has 0 saturated heterocycles. The molecule has 0 bridgehead atoms. The molecule has 0 fully saturated rings. The monoisotopic (exact) mass is 351 g/mol. The van der Waals surface area contributed by atoms with Crippen molar-refractivity contribution < 1.29 is 4.79 Å². The molecule has 3 heterocycles. The third-order valence-corrected chi connectivity index (χ3v) is 4.74. The van der Waals surface area contributed by atoms with Crippen molar-refractivity contribution >= 4 is 11.7 Å². The quantitative estimate of drug-likeness (QED) is 0.766. The van der Waals surface area contributed by atoms with Crippen LogP contribution in [0.1, 0.15) is 17.2 Å². The first-order valence-corrected chi connectivity index (χ1v) is 8.57. The van der Waals surface area contributed by atoms with Crippen LogP contribution in [0.15, 0.2) is 42.6 Å². The van der Waals surface area contributed by atoms with Gasteiger partial charge in [-0.1, -0.05) is 30.3 Å². The predicted molar refractivity (Wildman–Crippen MR) is 96.4 cm³/mol. The Morgan fingerprint density at radius 2 is 2.04 bits per heavy atom. The first kappa shape index (κ1) is 16.5. The summed E-state index contributed by atoms with van der Waals surface area (Å²) in [6.45, 7) is 3.66. The number of aromatic nitrogens is 5. The lowest BCUT2D eigenvalue weighted by Crippen LogP contribution is -2.48. The topological polar surface area (TPSA) is 80.9 Å². The molecular formula is C18H21N7O. The fourth-order valence-corrected chi connectivity index (χ4v) is 3.24. The fraction of sp³-hybridized carbons (Fsp3) is 0.333. The molecule has 0 aliphatic carbocycles. The van der Waals surface area contributed by atoms with Gasteiger partial charge in [0.15, 0.2) is 0 Å².